The molecule has 0 aromatic heterocycles. The Morgan fingerprint density at radius 3 is 2.79 bits per heavy atom. The van der Waals surface area contributed by atoms with E-state index in [1.54, 1.807) is 24.3 Å². The number of likely N-dealkylation sites (N-methyl/N-ethyl adjacent to an activating group) is 1. The number of benzene rings is 1. The maximum absolute atomic E-state index is 11.7. The highest BCUT2D eigenvalue weighted by molar-refractivity contribution is 5.95. The van der Waals surface area contributed by atoms with Gasteiger partial charge in [-0.1, -0.05) is 12.0 Å². The van der Waals surface area contributed by atoms with Gasteiger partial charge in [-0.3, -0.25) is 9.59 Å². The molecule has 5 heteroatoms. The monoisotopic (exact) mass is 260 g/mol. The smallest absolute Gasteiger partial charge is 0.251 e. The van der Waals surface area contributed by atoms with Gasteiger partial charge in [-0.2, -0.15) is 0 Å². The van der Waals surface area contributed by atoms with E-state index in [1.807, 2.05) is 0 Å². The first kappa shape index (κ1) is 14.7. The number of carbonyl (C=O) groups excluding carboxylic acids is 2. The van der Waals surface area contributed by atoms with Gasteiger partial charge < -0.3 is 15.3 Å². The van der Waals surface area contributed by atoms with Crippen LogP contribution >= 0.6 is 0 Å². The summed E-state index contributed by atoms with van der Waals surface area (Å²) in [6.07, 6.45) is 4.14. The van der Waals surface area contributed by atoms with E-state index in [9.17, 15) is 9.59 Å². The minimum Gasteiger partial charge on any atom is -0.384 e. The van der Waals surface area contributed by atoms with E-state index in [4.69, 9.17) is 11.5 Å². The Morgan fingerprint density at radius 2 is 2.21 bits per heavy atom. The van der Waals surface area contributed by atoms with E-state index in [0.29, 0.717) is 11.3 Å². The molecule has 0 aliphatic rings. The lowest BCUT2D eigenvalue weighted by Gasteiger charge is -2.18. The van der Waals surface area contributed by atoms with E-state index in [1.165, 1.54) is 14.0 Å². The average molecular weight is 260 g/mol. The number of nitrogens with one attached hydrogen (secondary N) is 1. The summed E-state index contributed by atoms with van der Waals surface area (Å²) in [5, 5.41) is 11.7. The Kier molecular flexibility index (Phi) is 5.10. The third kappa shape index (κ3) is 4.45. The fourth-order valence-electron chi connectivity index (χ4n) is 1.50. The molecule has 1 aromatic rings. The number of terminal acetylenes is 1. The molecule has 0 aliphatic heterocycles. The highest BCUT2D eigenvalue weighted by Crippen LogP contribution is 2.09. The SMILES string of the molecule is C#Cc1cccc(NC(=O)CN(C)C(=O)C(C)O)c1. The molecule has 19 heavy (non-hydrogen) atoms. The van der Waals surface area contributed by atoms with Crippen molar-refractivity contribution >= 4 is 17.5 Å². The molecule has 0 fully saturated rings. The minimum atomic E-state index is -1.12. The lowest BCUT2D eigenvalue weighted by molar-refractivity contribution is -0.140. The third-order valence-corrected chi connectivity index (χ3v) is 2.43. The van der Waals surface area contributed by atoms with Crippen LogP contribution in [0.25, 0.3) is 0 Å². The molecule has 0 saturated heterocycles. The molecule has 0 heterocycles. The number of hydrogen-bond donors (Lipinski definition) is 2. The van der Waals surface area contributed by atoms with Crippen LogP contribution in [0.2, 0.25) is 0 Å². The zero-order valence-electron chi connectivity index (χ0n) is 10.9. The molecule has 100 valence electrons. The third-order valence-electron chi connectivity index (χ3n) is 2.43. The number of hydrogen-bond acceptors (Lipinski definition) is 3. The van der Waals surface area contributed by atoms with Gasteiger partial charge in [-0.05, 0) is 25.1 Å². The van der Waals surface area contributed by atoms with Gasteiger partial charge in [-0.15, -0.1) is 6.42 Å². The van der Waals surface area contributed by atoms with Crippen molar-refractivity contribution in [3.8, 4) is 12.3 Å². The normalized spacial score (nSPS) is 11.3. The maximum atomic E-state index is 11.7. The van der Waals surface area contributed by atoms with Crippen LogP contribution in [-0.2, 0) is 9.59 Å². The van der Waals surface area contributed by atoms with E-state index >= 15 is 0 Å². The van der Waals surface area contributed by atoms with E-state index in [2.05, 4.69) is 11.2 Å². The predicted molar refractivity (Wildman–Crippen MR) is 72.3 cm³/mol. The zero-order chi connectivity index (χ0) is 14.4. The molecule has 0 aliphatic carbocycles. The molecule has 5 nitrogen and oxygen atoms in total. The molecule has 2 amide bonds. The quantitative estimate of drug-likeness (QED) is 0.772. The Labute approximate surface area is 112 Å². The molecule has 1 rings (SSSR count). The average Bonchev–Trinajstić information content (AvgIpc) is 2.37. The van der Waals surface area contributed by atoms with Gasteiger partial charge >= 0.3 is 0 Å². The van der Waals surface area contributed by atoms with Crippen LogP contribution in [0.5, 0.6) is 0 Å². The Balaban J connectivity index is 2.60. The van der Waals surface area contributed by atoms with Crippen LogP contribution in [0.4, 0.5) is 5.69 Å². The number of nitrogens with zero attached hydrogens (tertiary/aromatic N) is 1. The van der Waals surface area contributed by atoms with Crippen LogP contribution in [-0.4, -0.2) is 41.5 Å². The van der Waals surface area contributed by atoms with Gasteiger partial charge in [0.1, 0.15) is 6.10 Å². The molecular formula is C14H16N2O3. The topological polar surface area (TPSA) is 69.6 Å². The first-order valence-electron chi connectivity index (χ1n) is 5.73. The highest BCUT2D eigenvalue weighted by Gasteiger charge is 2.17. The van der Waals surface area contributed by atoms with Crippen LogP contribution < -0.4 is 5.32 Å². The molecular weight excluding hydrogens is 244 g/mol. The summed E-state index contributed by atoms with van der Waals surface area (Å²) < 4.78 is 0. The largest absolute Gasteiger partial charge is 0.384 e. The molecule has 0 spiro atoms. The maximum Gasteiger partial charge on any atom is 0.251 e. The molecule has 1 atom stereocenters. The molecule has 1 unspecified atom stereocenters. The van der Waals surface area contributed by atoms with E-state index in [-0.39, 0.29) is 12.5 Å². The predicted octanol–water partition coefficient (Wildman–Crippen LogP) is 0.446. The van der Waals surface area contributed by atoms with Gasteiger partial charge in [-0.25, -0.2) is 0 Å². The van der Waals surface area contributed by atoms with Crippen LogP contribution in [0.3, 0.4) is 0 Å². The fraction of sp³-hybridized carbons (Fsp3) is 0.286. The summed E-state index contributed by atoms with van der Waals surface area (Å²) in [4.78, 5) is 24.3. The van der Waals surface area contributed by atoms with Crippen LogP contribution in [0.15, 0.2) is 24.3 Å². The summed E-state index contributed by atoms with van der Waals surface area (Å²) in [6.45, 7) is 1.22. The molecule has 2 N–H and O–H groups in total. The number of carbonyl (C=O) groups is 2. The summed E-state index contributed by atoms with van der Waals surface area (Å²) in [7, 11) is 1.45. The van der Waals surface area contributed by atoms with Gasteiger partial charge in [0.2, 0.25) is 5.91 Å². The summed E-state index contributed by atoms with van der Waals surface area (Å²) >= 11 is 0. The van der Waals surface area contributed by atoms with Crippen molar-refractivity contribution in [2.75, 3.05) is 18.9 Å². The number of aliphatic hydroxyl groups is 1. The van der Waals surface area contributed by atoms with Crippen molar-refractivity contribution in [3.63, 3.8) is 0 Å². The molecule has 0 radical (unpaired) electrons. The van der Waals surface area contributed by atoms with Gasteiger partial charge in [0, 0.05) is 18.3 Å². The van der Waals surface area contributed by atoms with Crippen molar-refractivity contribution in [1.29, 1.82) is 0 Å². The standard InChI is InChI=1S/C14H16N2O3/c1-4-11-6-5-7-12(8-11)15-13(18)9-16(3)14(19)10(2)17/h1,5-8,10,17H,9H2,2-3H3,(H,15,18). The van der Waals surface area contributed by atoms with Crippen molar-refractivity contribution in [2.24, 2.45) is 0 Å². The summed E-state index contributed by atoms with van der Waals surface area (Å²) in [6, 6.07) is 6.85. The van der Waals surface area contributed by atoms with Gasteiger partial charge in [0.05, 0.1) is 6.54 Å². The summed E-state index contributed by atoms with van der Waals surface area (Å²) in [5.41, 5.74) is 1.23. The van der Waals surface area contributed by atoms with Crippen molar-refractivity contribution in [1.82, 2.24) is 4.90 Å². The van der Waals surface area contributed by atoms with Crippen molar-refractivity contribution in [2.45, 2.75) is 13.0 Å². The Bertz CT molecular complexity index is 518. The number of anilines is 1. The van der Waals surface area contributed by atoms with Gasteiger partial charge in [0.15, 0.2) is 0 Å². The highest BCUT2D eigenvalue weighted by atomic mass is 16.3. The second-order valence-corrected chi connectivity index (χ2v) is 4.14. The van der Waals surface area contributed by atoms with E-state index < -0.39 is 12.0 Å². The van der Waals surface area contributed by atoms with Crippen LogP contribution in [0.1, 0.15) is 12.5 Å². The second-order valence-electron chi connectivity index (χ2n) is 4.14. The van der Waals surface area contributed by atoms with Gasteiger partial charge in [0.25, 0.3) is 5.91 Å². The molecule has 0 bridgehead atoms. The minimum absolute atomic E-state index is 0.135. The first-order chi connectivity index (χ1) is 8.93. The zero-order valence-corrected chi connectivity index (χ0v) is 10.9. The first-order valence-corrected chi connectivity index (χ1v) is 5.73. The summed E-state index contributed by atoms with van der Waals surface area (Å²) in [5.74, 6) is 1.60. The number of aliphatic hydroxyl groups excluding tert-OH is 1. The lowest BCUT2D eigenvalue weighted by atomic mass is 10.2. The second kappa shape index (κ2) is 6.57. The lowest BCUT2D eigenvalue weighted by Crippen LogP contribution is -2.39. The van der Waals surface area contributed by atoms with Crippen LogP contribution in [0, 0.1) is 12.3 Å². The molecule has 1 aromatic carbocycles. The molecule has 0 saturated carbocycles. The van der Waals surface area contributed by atoms with Crippen molar-refractivity contribution < 1.29 is 14.7 Å². The number of amides is 2. The number of rotatable bonds is 4. The Hall–Kier alpha value is -2.32. The van der Waals surface area contributed by atoms with E-state index in [0.717, 1.165) is 4.90 Å². The Morgan fingerprint density at radius 1 is 1.53 bits per heavy atom. The fourth-order valence-corrected chi connectivity index (χ4v) is 1.50. The van der Waals surface area contributed by atoms with Crippen molar-refractivity contribution in [3.05, 3.63) is 29.8 Å².